The molecule has 0 aliphatic heterocycles. The van der Waals surface area contributed by atoms with E-state index in [1.807, 2.05) is 0 Å². The highest BCUT2D eigenvalue weighted by Crippen LogP contribution is 2.28. The molecular formula is C5HCl4N. The van der Waals surface area contributed by atoms with Gasteiger partial charge in [-0.15, -0.1) is 0 Å². The first-order chi connectivity index (χ1) is 4.61. The maximum absolute atomic E-state index is 5.55. The number of rotatable bonds is 0. The lowest BCUT2D eigenvalue weighted by atomic mass is 10.7. The van der Waals surface area contributed by atoms with Gasteiger partial charge >= 0.3 is 0 Å². The average Bonchev–Trinajstić information content (AvgIpc) is 1.84. The second kappa shape index (κ2) is 3.14. The number of nitrogens with zero attached hydrogens (tertiary/aromatic N) is 1. The van der Waals surface area contributed by atoms with E-state index < -0.39 is 0 Å². The second-order valence-corrected chi connectivity index (χ2v) is 3.06. The van der Waals surface area contributed by atoms with Crippen LogP contribution in [-0.2, 0) is 0 Å². The molecular weight excluding hydrogens is 220 g/mol. The molecule has 0 amide bonds. The van der Waals surface area contributed by atoms with Crippen LogP contribution in [0.3, 0.4) is 0 Å². The van der Waals surface area contributed by atoms with E-state index in [1.165, 1.54) is 6.07 Å². The van der Waals surface area contributed by atoms with E-state index in [2.05, 4.69) is 4.98 Å². The minimum absolute atomic E-state index is 0.163. The molecule has 1 rings (SSSR count). The Kier molecular flexibility index (Phi) is 2.64. The van der Waals surface area contributed by atoms with Crippen LogP contribution in [0.5, 0.6) is 0 Å². The highest BCUT2D eigenvalue weighted by Gasteiger charge is 2.03. The molecule has 1 heterocycles. The van der Waals surface area contributed by atoms with Gasteiger partial charge in [-0.05, 0) is 6.07 Å². The van der Waals surface area contributed by atoms with Gasteiger partial charge in [-0.3, -0.25) is 0 Å². The monoisotopic (exact) mass is 219 g/mol. The fraction of sp³-hybridized carbons (Fsp3) is 0. The van der Waals surface area contributed by atoms with E-state index >= 15 is 0 Å². The molecule has 1 nitrogen and oxygen atoms in total. The molecule has 0 bridgehead atoms. The summed E-state index contributed by atoms with van der Waals surface area (Å²) in [4.78, 5) is 3.64. The van der Waals surface area contributed by atoms with Crippen molar-refractivity contribution in [2.24, 2.45) is 0 Å². The van der Waals surface area contributed by atoms with E-state index in [-0.39, 0.29) is 10.3 Å². The third kappa shape index (κ3) is 1.67. The van der Waals surface area contributed by atoms with Crippen LogP contribution in [0.4, 0.5) is 0 Å². The van der Waals surface area contributed by atoms with Crippen LogP contribution in [0.1, 0.15) is 0 Å². The Hall–Kier alpha value is 0.310. The summed E-state index contributed by atoms with van der Waals surface area (Å²) in [6, 6.07) is 1.45. The first-order valence-corrected chi connectivity index (χ1v) is 3.79. The standard InChI is InChI=1S/C5HCl4N/c6-2-1-3(7)5(9)10-4(2)8/h1H/i4+2,5+2. The van der Waals surface area contributed by atoms with Crippen molar-refractivity contribution >= 4 is 46.4 Å². The third-order valence-corrected chi connectivity index (χ3v) is 2.19. The molecule has 0 aromatic carbocycles. The Balaban J connectivity index is 3.28. The van der Waals surface area contributed by atoms with Crippen molar-refractivity contribution in [1.29, 1.82) is 0 Å². The van der Waals surface area contributed by atoms with Crippen LogP contribution in [0.25, 0.3) is 0 Å². The summed E-state index contributed by atoms with van der Waals surface area (Å²) in [5.74, 6) is 0. The SMILES string of the molecule is Clc1cc(Cl)[14c](Cl)n[14c]1Cl. The van der Waals surface area contributed by atoms with E-state index in [9.17, 15) is 0 Å². The zero-order valence-corrected chi connectivity index (χ0v) is 7.56. The number of aromatic nitrogens is 1. The van der Waals surface area contributed by atoms with Crippen molar-refractivity contribution in [2.45, 2.75) is 0 Å². The van der Waals surface area contributed by atoms with Gasteiger partial charge in [0.2, 0.25) is 0 Å². The summed E-state index contributed by atoms with van der Waals surface area (Å²) in [6.45, 7) is 0. The van der Waals surface area contributed by atoms with Crippen molar-refractivity contribution < 1.29 is 0 Å². The van der Waals surface area contributed by atoms with Gasteiger partial charge in [-0.1, -0.05) is 46.4 Å². The summed E-state index contributed by atoms with van der Waals surface area (Å²) < 4.78 is 0. The highest BCUT2D eigenvalue weighted by molar-refractivity contribution is 6.45. The normalized spacial score (nSPS) is 10.0. The first-order valence-electron chi connectivity index (χ1n) is 2.28. The maximum Gasteiger partial charge on any atom is 0.149 e. The summed E-state index contributed by atoms with van der Waals surface area (Å²) in [6.07, 6.45) is 0. The van der Waals surface area contributed by atoms with Gasteiger partial charge in [0.25, 0.3) is 0 Å². The van der Waals surface area contributed by atoms with E-state index in [1.54, 1.807) is 0 Å². The van der Waals surface area contributed by atoms with Gasteiger partial charge in [0.05, 0.1) is 10.0 Å². The molecule has 54 valence electrons. The molecule has 5 heteroatoms. The number of hydrogen-bond acceptors (Lipinski definition) is 1. The van der Waals surface area contributed by atoms with Crippen LogP contribution >= 0.6 is 46.4 Å². The Bertz CT molecular complexity index is 210. The fourth-order valence-electron chi connectivity index (χ4n) is 0.423. The predicted molar refractivity (Wildman–Crippen MR) is 44.3 cm³/mol. The second-order valence-electron chi connectivity index (χ2n) is 1.53. The summed E-state index contributed by atoms with van der Waals surface area (Å²) >= 11 is 22.1. The number of halogens is 4. The van der Waals surface area contributed by atoms with Crippen molar-refractivity contribution in [3.05, 3.63) is 26.4 Å². The molecule has 1 aromatic heterocycles. The lowest BCUT2D eigenvalue weighted by Crippen LogP contribution is -1.78. The zero-order valence-electron chi connectivity index (χ0n) is 4.54. The van der Waals surface area contributed by atoms with Crippen LogP contribution in [0.2, 0.25) is 20.4 Å². The van der Waals surface area contributed by atoms with Crippen molar-refractivity contribution in [2.75, 3.05) is 0 Å². The number of pyridine rings is 1. The minimum atomic E-state index is 0.163. The Labute approximate surface area is 77.9 Å². The third-order valence-electron chi connectivity index (χ3n) is 0.844. The summed E-state index contributed by atoms with van der Waals surface area (Å²) in [5, 5.41) is 0.930. The smallest absolute Gasteiger partial charge is 0.149 e. The largest absolute Gasteiger partial charge is 0.221 e. The van der Waals surface area contributed by atoms with E-state index in [4.69, 9.17) is 46.4 Å². The molecule has 0 saturated carbocycles. The van der Waals surface area contributed by atoms with Crippen molar-refractivity contribution in [3.8, 4) is 0 Å². The first kappa shape index (κ1) is 8.41. The molecule has 0 radical (unpaired) electrons. The Morgan fingerprint density at radius 2 is 1.50 bits per heavy atom. The maximum atomic E-state index is 5.55. The Morgan fingerprint density at radius 1 is 1.10 bits per heavy atom. The van der Waals surface area contributed by atoms with E-state index in [0.29, 0.717) is 10.0 Å². The molecule has 0 aliphatic rings. The van der Waals surface area contributed by atoms with Gasteiger partial charge in [0, 0.05) is 0 Å². The molecule has 0 saturated heterocycles. The summed E-state index contributed by atoms with van der Waals surface area (Å²) in [7, 11) is 0. The van der Waals surface area contributed by atoms with Crippen molar-refractivity contribution in [1.82, 2.24) is 4.98 Å². The van der Waals surface area contributed by atoms with E-state index in [0.717, 1.165) is 0 Å². The molecule has 0 aliphatic carbocycles. The lowest BCUT2D eigenvalue weighted by molar-refractivity contribution is 1.33. The molecule has 0 N–H and O–H groups in total. The van der Waals surface area contributed by atoms with Gasteiger partial charge in [-0.25, -0.2) is 4.98 Å². The minimum Gasteiger partial charge on any atom is -0.221 e. The van der Waals surface area contributed by atoms with Crippen LogP contribution in [0.15, 0.2) is 6.07 Å². The molecule has 10 heavy (non-hydrogen) atoms. The van der Waals surface area contributed by atoms with Gasteiger partial charge in [0.1, 0.15) is 10.3 Å². The van der Waals surface area contributed by atoms with Gasteiger partial charge in [0.15, 0.2) is 0 Å². The lowest BCUT2D eigenvalue weighted by Gasteiger charge is -1.96. The van der Waals surface area contributed by atoms with Gasteiger partial charge in [-0.2, -0.15) is 0 Å². The predicted octanol–water partition coefficient (Wildman–Crippen LogP) is 3.70. The molecule has 1 aromatic rings. The molecule has 0 spiro atoms. The van der Waals surface area contributed by atoms with Crippen LogP contribution in [-0.4, -0.2) is 4.98 Å². The Morgan fingerprint density at radius 3 is 1.80 bits per heavy atom. The van der Waals surface area contributed by atoms with Crippen molar-refractivity contribution in [3.63, 3.8) is 0 Å². The quantitative estimate of drug-likeness (QED) is 0.608. The fourth-order valence-corrected chi connectivity index (χ4v) is 1.10. The highest BCUT2D eigenvalue weighted by atomic mass is 35.5. The molecule has 0 atom stereocenters. The average molecular weight is 221 g/mol. The zero-order chi connectivity index (χ0) is 7.72. The van der Waals surface area contributed by atoms with Crippen LogP contribution < -0.4 is 0 Å². The summed E-state index contributed by atoms with van der Waals surface area (Å²) in [5.41, 5.74) is 0. The molecule has 0 unspecified atom stereocenters. The number of hydrogen-bond donors (Lipinski definition) is 0. The van der Waals surface area contributed by atoms with Crippen LogP contribution in [0, 0.1) is 0 Å². The topological polar surface area (TPSA) is 12.9 Å². The molecule has 0 fully saturated rings. The van der Waals surface area contributed by atoms with Gasteiger partial charge < -0.3 is 0 Å².